The van der Waals surface area contributed by atoms with Crippen LogP contribution in [0.4, 0.5) is 0 Å². The number of benzene rings is 1. The molecule has 4 nitrogen and oxygen atoms in total. The molecule has 1 amide bonds. The molecule has 1 aromatic carbocycles. The Balaban J connectivity index is 1.57. The molecule has 0 aliphatic carbocycles. The Bertz CT molecular complexity index is 451. The average molecular weight is 304 g/mol. The van der Waals surface area contributed by atoms with Crippen molar-refractivity contribution in [3.05, 3.63) is 29.8 Å². The van der Waals surface area contributed by atoms with Crippen molar-refractivity contribution >= 4 is 5.91 Å². The Labute approximate surface area is 133 Å². The van der Waals surface area contributed by atoms with Gasteiger partial charge in [-0.25, -0.2) is 0 Å². The van der Waals surface area contributed by atoms with Gasteiger partial charge >= 0.3 is 0 Å². The lowest BCUT2D eigenvalue weighted by Crippen LogP contribution is -2.39. The van der Waals surface area contributed by atoms with Gasteiger partial charge in [0.2, 0.25) is 5.91 Å². The van der Waals surface area contributed by atoms with E-state index in [0.717, 1.165) is 57.1 Å². The van der Waals surface area contributed by atoms with Gasteiger partial charge in [0.05, 0.1) is 7.11 Å². The number of rotatable bonds is 7. The van der Waals surface area contributed by atoms with Crippen LogP contribution in [0.3, 0.4) is 0 Å². The summed E-state index contributed by atoms with van der Waals surface area (Å²) in [6.45, 7) is 5.80. The van der Waals surface area contributed by atoms with Gasteiger partial charge in [0.25, 0.3) is 0 Å². The first-order valence-electron chi connectivity index (χ1n) is 8.30. The van der Waals surface area contributed by atoms with Crippen LogP contribution in [0.15, 0.2) is 24.3 Å². The lowest BCUT2D eigenvalue weighted by atomic mass is 9.99. The van der Waals surface area contributed by atoms with Crippen LogP contribution in [0.2, 0.25) is 0 Å². The van der Waals surface area contributed by atoms with Gasteiger partial charge in [-0.15, -0.1) is 0 Å². The molecule has 122 valence electrons. The highest BCUT2D eigenvalue weighted by Crippen LogP contribution is 2.16. The Kier molecular flexibility index (Phi) is 6.72. The molecule has 4 heteroatoms. The summed E-state index contributed by atoms with van der Waals surface area (Å²) in [6.07, 6.45) is 3.88. The zero-order valence-electron chi connectivity index (χ0n) is 13.8. The summed E-state index contributed by atoms with van der Waals surface area (Å²) in [4.78, 5) is 14.1. The Morgan fingerprint density at radius 2 is 1.91 bits per heavy atom. The number of ether oxygens (including phenoxy) is 1. The van der Waals surface area contributed by atoms with Crippen molar-refractivity contribution in [1.29, 1.82) is 0 Å². The summed E-state index contributed by atoms with van der Waals surface area (Å²) in [5.74, 6) is 1.95. The Morgan fingerprint density at radius 1 is 1.23 bits per heavy atom. The van der Waals surface area contributed by atoms with Gasteiger partial charge in [-0.05, 0) is 49.4 Å². The highest BCUT2D eigenvalue weighted by Gasteiger charge is 2.19. The van der Waals surface area contributed by atoms with E-state index in [9.17, 15) is 4.79 Å². The smallest absolute Gasteiger partial charge is 0.223 e. The van der Waals surface area contributed by atoms with Gasteiger partial charge < -0.3 is 15.0 Å². The van der Waals surface area contributed by atoms with Crippen molar-refractivity contribution in [1.82, 2.24) is 10.2 Å². The first-order chi connectivity index (χ1) is 10.7. The van der Waals surface area contributed by atoms with Gasteiger partial charge in [0.15, 0.2) is 0 Å². The SMILES string of the molecule is COc1ccc(CCNCCC(=O)N2CCC(C)CC2)cc1. The maximum Gasteiger partial charge on any atom is 0.223 e. The minimum atomic E-state index is 0.295. The summed E-state index contributed by atoms with van der Waals surface area (Å²) in [5, 5.41) is 3.36. The van der Waals surface area contributed by atoms with Gasteiger partial charge in [0, 0.05) is 26.1 Å². The summed E-state index contributed by atoms with van der Waals surface area (Å²) in [6, 6.07) is 8.13. The van der Waals surface area contributed by atoms with E-state index in [0.29, 0.717) is 12.3 Å². The van der Waals surface area contributed by atoms with E-state index in [1.807, 2.05) is 17.0 Å². The van der Waals surface area contributed by atoms with E-state index >= 15 is 0 Å². The number of carbonyl (C=O) groups is 1. The van der Waals surface area contributed by atoms with Crippen LogP contribution in [-0.4, -0.2) is 44.1 Å². The van der Waals surface area contributed by atoms with Gasteiger partial charge in [0.1, 0.15) is 5.75 Å². The fraction of sp³-hybridized carbons (Fsp3) is 0.611. The van der Waals surface area contributed by atoms with E-state index in [-0.39, 0.29) is 0 Å². The zero-order valence-corrected chi connectivity index (χ0v) is 13.8. The van der Waals surface area contributed by atoms with E-state index in [4.69, 9.17) is 4.74 Å². The van der Waals surface area contributed by atoms with Crippen LogP contribution >= 0.6 is 0 Å². The average Bonchev–Trinajstić information content (AvgIpc) is 2.55. The van der Waals surface area contributed by atoms with Crippen molar-refractivity contribution < 1.29 is 9.53 Å². The highest BCUT2D eigenvalue weighted by atomic mass is 16.5. The molecule has 1 heterocycles. The molecule has 2 rings (SSSR count). The van der Waals surface area contributed by atoms with Crippen LogP contribution in [0.1, 0.15) is 31.7 Å². The molecule has 22 heavy (non-hydrogen) atoms. The van der Waals surface area contributed by atoms with E-state index < -0.39 is 0 Å². The molecule has 0 aromatic heterocycles. The molecule has 1 fully saturated rings. The second-order valence-corrected chi connectivity index (χ2v) is 6.16. The number of amides is 1. The van der Waals surface area contributed by atoms with E-state index in [1.54, 1.807) is 7.11 Å². The fourth-order valence-electron chi connectivity index (χ4n) is 2.76. The number of nitrogens with one attached hydrogen (secondary N) is 1. The summed E-state index contributed by atoms with van der Waals surface area (Å²) in [7, 11) is 1.68. The van der Waals surface area contributed by atoms with Crippen LogP contribution in [0.5, 0.6) is 5.75 Å². The number of hydrogen-bond acceptors (Lipinski definition) is 3. The summed E-state index contributed by atoms with van der Waals surface area (Å²) >= 11 is 0. The van der Waals surface area contributed by atoms with Gasteiger partial charge in [-0.3, -0.25) is 4.79 Å². The minimum absolute atomic E-state index is 0.295. The standard InChI is InChI=1S/C18H28N2O2/c1-15-9-13-20(14-10-15)18(21)8-12-19-11-7-16-3-5-17(22-2)6-4-16/h3-6,15,19H,7-14H2,1-2H3. The largest absolute Gasteiger partial charge is 0.497 e. The van der Waals surface area contributed by atoms with Crippen molar-refractivity contribution in [2.24, 2.45) is 5.92 Å². The second-order valence-electron chi connectivity index (χ2n) is 6.16. The number of nitrogens with zero attached hydrogens (tertiary/aromatic N) is 1. The number of likely N-dealkylation sites (tertiary alicyclic amines) is 1. The predicted octanol–water partition coefficient (Wildman–Crippen LogP) is 2.48. The van der Waals surface area contributed by atoms with Crippen molar-refractivity contribution in [3.63, 3.8) is 0 Å². The zero-order chi connectivity index (χ0) is 15.8. The van der Waals surface area contributed by atoms with Gasteiger partial charge in [-0.1, -0.05) is 19.1 Å². The lowest BCUT2D eigenvalue weighted by Gasteiger charge is -2.30. The molecule has 0 bridgehead atoms. The first kappa shape index (κ1) is 16.8. The quantitative estimate of drug-likeness (QED) is 0.787. The van der Waals surface area contributed by atoms with Crippen molar-refractivity contribution in [2.75, 3.05) is 33.3 Å². The molecular weight excluding hydrogens is 276 g/mol. The maximum absolute atomic E-state index is 12.1. The third-order valence-corrected chi connectivity index (χ3v) is 4.40. The molecule has 0 atom stereocenters. The summed E-state index contributed by atoms with van der Waals surface area (Å²) in [5.41, 5.74) is 1.28. The second kappa shape index (κ2) is 8.79. The van der Waals surface area contributed by atoms with Crippen molar-refractivity contribution in [2.45, 2.75) is 32.6 Å². The van der Waals surface area contributed by atoms with Crippen LogP contribution < -0.4 is 10.1 Å². The van der Waals surface area contributed by atoms with E-state index in [2.05, 4.69) is 24.4 Å². The summed E-state index contributed by atoms with van der Waals surface area (Å²) < 4.78 is 5.15. The molecule has 0 unspecified atom stereocenters. The third-order valence-electron chi connectivity index (χ3n) is 4.40. The highest BCUT2D eigenvalue weighted by molar-refractivity contribution is 5.76. The molecule has 0 spiro atoms. The van der Waals surface area contributed by atoms with Crippen molar-refractivity contribution in [3.8, 4) is 5.75 Å². The number of piperidine rings is 1. The minimum Gasteiger partial charge on any atom is -0.497 e. The normalized spacial score (nSPS) is 15.8. The third kappa shape index (κ3) is 5.34. The number of carbonyl (C=O) groups excluding carboxylic acids is 1. The molecule has 1 aromatic rings. The predicted molar refractivity (Wildman–Crippen MR) is 89.2 cm³/mol. The monoisotopic (exact) mass is 304 g/mol. The maximum atomic E-state index is 12.1. The topological polar surface area (TPSA) is 41.6 Å². The molecular formula is C18H28N2O2. The fourth-order valence-corrected chi connectivity index (χ4v) is 2.76. The number of methoxy groups -OCH3 is 1. The van der Waals surface area contributed by atoms with Crippen LogP contribution in [0.25, 0.3) is 0 Å². The lowest BCUT2D eigenvalue weighted by molar-refractivity contribution is -0.132. The van der Waals surface area contributed by atoms with Crippen LogP contribution in [0, 0.1) is 5.92 Å². The Hall–Kier alpha value is -1.55. The molecule has 1 saturated heterocycles. The molecule has 1 N–H and O–H groups in total. The number of hydrogen-bond donors (Lipinski definition) is 1. The first-order valence-corrected chi connectivity index (χ1v) is 8.30. The Morgan fingerprint density at radius 3 is 2.55 bits per heavy atom. The molecule has 0 radical (unpaired) electrons. The molecule has 1 aliphatic heterocycles. The van der Waals surface area contributed by atoms with Crippen LogP contribution in [-0.2, 0) is 11.2 Å². The van der Waals surface area contributed by atoms with Gasteiger partial charge in [-0.2, -0.15) is 0 Å². The molecule has 0 saturated carbocycles. The molecule has 1 aliphatic rings. The van der Waals surface area contributed by atoms with E-state index in [1.165, 1.54) is 5.56 Å².